The number of hydrogen-bond donors (Lipinski definition) is 1. The summed E-state index contributed by atoms with van der Waals surface area (Å²) in [5.41, 5.74) is 8.63. The highest BCUT2D eigenvalue weighted by molar-refractivity contribution is 5.72. The Morgan fingerprint density at radius 2 is 2.42 bits per heavy atom. The highest BCUT2D eigenvalue weighted by Crippen LogP contribution is 2.18. The number of nitrogen functional groups attached to an aromatic ring is 1. The van der Waals surface area contributed by atoms with Gasteiger partial charge in [-0.1, -0.05) is 12.5 Å². The third-order valence-electron chi connectivity index (χ3n) is 1.54. The highest BCUT2D eigenvalue weighted by atomic mass is 14.7. The van der Waals surface area contributed by atoms with E-state index in [4.69, 9.17) is 12.2 Å². The quantitative estimate of drug-likeness (QED) is 0.631. The van der Waals surface area contributed by atoms with E-state index in [2.05, 4.69) is 17.5 Å². The van der Waals surface area contributed by atoms with Gasteiger partial charge < -0.3 is 5.73 Å². The molecule has 1 aromatic rings. The van der Waals surface area contributed by atoms with Crippen LogP contribution < -0.4 is 5.73 Å². The molecular weight excluding hydrogens is 148 g/mol. The van der Waals surface area contributed by atoms with Gasteiger partial charge in [0.25, 0.3) is 0 Å². The van der Waals surface area contributed by atoms with Crippen molar-refractivity contribution in [3.05, 3.63) is 30.1 Å². The predicted octanol–water partition coefficient (Wildman–Crippen LogP) is 1.68. The van der Waals surface area contributed by atoms with Crippen LogP contribution in [-0.4, -0.2) is 4.98 Å². The second-order valence-electron chi connectivity index (χ2n) is 2.58. The number of terminal acetylenes is 1. The number of nitrogens with two attached hydrogens (primary N) is 1. The number of pyridine rings is 1. The van der Waals surface area contributed by atoms with Gasteiger partial charge in [-0.3, -0.25) is 0 Å². The number of allylic oxidation sites excluding steroid dienone is 1. The molecule has 0 bridgehead atoms. The van der Waals surface area contributed by atoms with Gasteiger partial charge >= 0.3 is 0 Å². The van der Waals surface area contributed by atoms with Gasteiger partial charge in [0, 0.05) is 17.4 Å². The van der Waals surface area contributed by atoms with E-state index in [-0.39, 0.29) is 0 Å². The maximum atomic E-state index is 5.70. The summed E-state index contributed by atoms with van der Waals surface area (Å²) in [5, 5.41) is 0. The molecule has 1 heterocycles. The Balaban J connectivity index is 3.23. The second kappa shape index (κ2) is 3.10. The third-order valence-corrected chi connectivity index (χ3v) is 1.54. The van der Waals surface area contributed by atoms with Crippen LogP contribution in [0.4, 0.5) is 5.69 Å². The third kappa shape index (κ3) is 1.46. The Morgan fingerprint density at radius 1 is 1.75 bits per heavy atom. The molecule has 0 saturated heterocycles. The topological polar surface area (TPSA) is 38.9 Å². The molecule has 1 aromatic heterocycles. The van der Waals surface area contributed by atoms with Crippen LogP contribution >= 0.6 is 0 Å². The van der Waals surface area contributed by atoms with E-state index in [1.54, 1.807) is 12.3 Å². The molecule has 0 aliphatic heterocycles. The van der Waals surface area contributed by atoms with Gasteiger partial charge in [-0.25, -0.2) is 4.98 Å². The van der Waals surface area contributed by atoms with E-state index in [1.807, 2.05) is 6.92 Å². The summed E-state index contributed by atoms with van der Waals surface area (Å²) in [6, 6.07) is 1.67. The lowest BCUT2D eigenvalue weighted by Crippen LogP contribution is -1.94. The number of anilines is 1. The largest absolute Gasteiger partial charge is 0.398 e. The van der Waals surface area contributed by atoms with Crippen molar-refractivity contribution in [2.45, 2.75) is 6.92 Å². The van der Waals surface area contributed by atoms with Crippen molar-refractivity contribution in [3.8, 4) is 12.3 Å². The molecule has 0 amide bonds. The molecule has 0 saturated carbocycles. The van der Waals surface area contributed by atoms with Crippen molar-refractivity contribution in [2.75, 3.05) is 5.73 Å². The predicted molar refractivity (Wildman–Crippen MR) is 51.3 cm³/mol. The Labute approximate surface area is 72.1 Å². The van der Waals surface area contributed by atoms with E-state index in [0.717, 1.165) is 11.1 Å². The molecule has 0 spiro atoms. The average molecular weight is 158 g/mol. The fourth-order valence-electron chi connectivity index (χ4n) is 0.906. The molecule has 1 rings (SSSR count). The summed E-state index contributed by atoms with van der Waals surface area (Å²) in [6.45, 7) is 5.65. The first-order chi connectivity index (χ1) is 5.65. The van der Waals surface area contributed by atoms with Gasteiger partial charge in [0.15, 0.2) is 0 Å². The van der Waals surface area contributed by atoms with Crippen molar-refractivity contribution < 1.29 is 0 Å². The minimum Gasteiger partial charge on any atom is -0.398 e. The molecular formula is C10H10N2. The maximum Gasteiger partial charge on any atom is 0.114 e. The van der Waals surface area contributed by atoms with Crippen LogP contribution in [0, 0.1) is 12.3 Å². The van der Waals surface area contributed by atoms with E-state index in [1.165, 1.54) is 0 Å². The fourth-order valence-corrected chi connectivity index (χ4v) is 0.906. The molecule has 2 N–H and O–H groups in total. The monoisotopic (exact) mass is 158 g/mol. The molecule has 0 aliphatic carbocycles. The molecule has 2 heteroatoms. The first kappa shape index (κ1) is 8.35. The van der Waals surface area contributed by atoms with Crippen LogP contribution in [0.5, 0.6) is 0 Å². The van der Waals surface area contributed by atoms with Gasteiger partial charge in [-0.05, 0) is 18.6 Å². The molecule has 12 heavy (non-hydrogen) atoms. The summed E-state index contributed by atoms with van der Waals surface area (Å²) >= 11 is 0. The minimum absolute atomic E-state index is 0.553. The van der Waals surface area contributed by atoms with E-state index < -0.39 is 0 Å². The molecule has 0 aromatic carbocycles. The molecule has 2 nitrogen and oxygen atoms in total. The smallest absolute Gasteiger partial charge is 0.114 e. The van der Waals surface area contributed by atoms with Crippen LogP contribution in [0.1, 0.15) is 18.2 Å². The van der Waals surface area contributed by atoms with Gasteiger partial charge in [0.1, 0.15) is 5.69 Å². The zero-order valence-corrected chi connectivity index (χ0v) is 6.96. The van der Waals surface area contributed by atoms with Gasteiger partial charge in [-0.2, -0.15) is 0 Å². The lowest BCUT2D eigenvalue weighted by Gasteiger charge is -2.03. The van der Waals surface area contributed by atoms with Crippen molar-refractivity contribution >= 4 is 11.3 Å². The standard InChI is InChI=1S/C10H10N2/c1-4-8-5-10(11)9(6-12-8)7(2)3/h1,5-6H,2H2,3H3,(H2,11,12). The molecule has 0 radical (unpaired) electrons. The summed E-state index contributed by atoms with van der Waals surface area (Å²) < 4.78 is 0. The lowest BCUT2D eigenvalue weighted by atomic mass is 10.1. The summed E-state index contributed by atoms with van der Waals surface area (Å²) in [4.78, 5) is 4.00. The summed E-state index contributed by atoms with van der Waals surface area (Å²) in [7, 11) is 0. The van der Waals surface area contributed by atoms with Crippen LogP contribution in [-0.2, 0) is 0 Å². The lowest BCUT2D eigenvalue weighted by molar-refractivity contribution is 1.27. The van der Waals surface area contributed by atoms with Crippen molar-refractivity contribution in [1.82, 2.24) is 4.98 Å². The van der Waals surface area contributed by atoms with Crippen LogP contribution in [0.25, 0.3) is 5.57 Å². The second-order valence-corrected chi connectivity index (χ2v) is 2.58. The number of aromatic nitrogens is 1. The molecule has 0 atom stereocenters. The van der Waals surface area contributed by atoms with E-state index in [9.17, 15) is 0 Å². The SMILES string of the molecule is C#Cc1cc(N)c(C(=C)C)cn1. The van der Waals surface area contributed by atoms with Crippen LogP contribution in [0.15, 0.2) is 18.8 Å². The van der Waals surface area contributed by atoms with Crippen LogP contribution in [0.3, 0.4) is 0 Å². The molecule has 0 fully saturated rings. The Bertz CT molecular complexity index is 359. The summed E-state index contributed by atoms with van der Waals surface area (Å²) in [5.74, 6) is 2.41. The molecule has 0 unspecified atom stereocenters. The Hall–Kier alpha value is -1.75. The number of rotatable bonds is 1. The average Bonchev–Trinajstić information content (AvgIpc) is 2.03. The molecule has 0 aliphatic rings. The molecule has 60 valence electrons. The highest BCUT2D eigenvalue weighted by Gasteiger charge is 2.00. The van der Waals surface area contributed by atoms with Crippen molar-refractivity contribution in [3.63, 3.8) is 0 Å². The maximum absolute atomic E-state index is 5.70. The van der Waals surface area contributed by atoms with Crippen molar-refractivity contribution in [2.24, 2.45) is 0 Å². The first-order valence-corrected chi connectivity index (χ1v) is 3.53. The Kier molecular flexibility index (Phi) is 2.16. The van der Waals surface area contributed by atoms with E-state index in [0.29, 0.717) is 11.4 Å². The summed E-state index contributed by atoms with van der Waals surface area (Å²) in [6.07, 6.45) is 6.80. The van der Waals surface area contributed by atoms with Gasteiger partial charge in [0.2, 0.25) is 0 Å². The van der Waals surface area contributed by atoms with Crippen LogP contribution in [0.2, 0.25) is 0 Å². The Morgan fingerprint density at radius 3 is 2.83 bits per heavy atom. The normalized spacial score (nSPS) is 9.00. The van der Waals surface area contributed by atoms with Crippen molar-refractivity contribution in [1.29, 1.82) is 0 Å². The van der Waals surface area contributed by atoms with Gasteiger partial charge in [0.05, 0.1) is 0 Å². The van der Waals surface area contributed by atoms with Gasteiger partial charge in [-0.15, -0.1) is 6.42 Å². The fraction of sp³-hybridized carbons (Fsp3) is 0.100. The zero-order chi connectivity index (χ0) is 9.14. The zero-order valence-electron chi connectivity index (χ0n) is 6.96. The van der Waals surface area contributed by atoms with E-state index >= 15 is 0 Å². The number of nitrogens with zero attached hydrogens (tertiary/aromatic N) is 1. The minimum atomic E-state index is 0.553. The first-order valence-electron chi connectivity index (χ1n) is 3.53. The number of hydrogen-bond acceptors (Lipinski definition) is 2.